The summed E-state index contributed by atoms with van der Waals surface area (Å²) in [5.74, 6) is 0. The lowest BCUT2D eigenvalue weighted by Crippen LogP contribution is -1.92. The molecular formula is C15H31P. The Hall–Kier alpha value is 0.430. The molecule has 0 aromatic carbocycles. The number of unbranched alkanes of at least 4 members (excludes halogenated alkanes) is 7. The Balaban J connectivity index is 1.71. The predicted molar refractivity (Wildman–Crippen MR) is 78.0 cm³/mol. The maximum Gasteiger partial charge on any atom is -0.0237 e. The topological polar surface area (TPSA) is 0 Å². The fourth-order valence-corrected chi connectivity index (χ4v) is 4.37. The summed E-state index contributed by atoms with van der Waals surface area (Å²) in [5, 5.41) is 0. The molecule has 0 heterocycles. The molecule has 0 aliphatic heterocycles. The monoisotopic (exact) mass is 242 g/mol. The lowest BCUT2D eigenvalue weighted by molar-refractivity contribution is 0.586. The van der Waals surface area contributed by atoms with Crippen molar-refractivity contribution in [3.05, 3.63) is 0 Å². The van der Waals surface area contributed by atoms with Crippen LogP contribution in [0.25, 0.3) is 0 Å². The highest BCUT2D eigenvalue weighted by Gasteiger charge is 2.13. The fraction of sp³-hybridized carbons (Fsp3) is 1.00. The van der Waals surface area contributed by atoms with Crippen molar-refractivity contribution in [2.75, 3.05) is 6.16 Å². The third-order valence-corrected chi connectivity index (χ3v) is 5.62. The van der Waals surface area contributed by atoms with E-state index in [9.17, 15) is 0 Å². The zero-order chi connectivity index (χ0) is 11.5. The average Bonchev–Trinajstić information content (AvgIpc) is 2.80. The van der Waals surface area contributed by atoms with Crippen molar-refractivity contribution in [3.8, 4) is 0 Å². The van der Waals surface area contributed by atoms with E-state index in [0.717, 1.165) is 5.66 Å². The number of rotatable bonds is 10. The van der Waals surface area contributed by atoms with E-state index in [0.29, 0.717) is 0 Å². The van der Waals surface area contributed by atoms with Crippen molar-refractivity contribution >= 4 is 8.58 Å². The second-order valence-corrected chi connectivity index (χ2v) is 7.14. The predicted octanol–water partition coefficient (Wildman–Crippen LogP) is 5.75. The molecule has 0 bridgehead atoms. The van der Waals surface area contributed by atoms with E-state index >= 15 is 0 Å². The van der Waals surface area contributed by atoms with Gasteiger partial charge < -0.3 is 0 Å². The Morgan fingerprint density at radius 3 is 2.00 bits per heavy atom. The smallest absolute Gasteiger partial charge is 0.0237 e. The summed E-state index contributed by atoms with van der Waals surface area (Å²) in [5.41, 5.74) is 1.14. The van der Waals surface area contributed by atoms with E-state index in [1.165, 1.54) is 72.8 Å². The molecule has 0 radical (unpaired) electrons. The van der Waals surface area contributed by atoms with Crippen molar-refractivity contribution in [2.45, 2.75) is 89.6 Å². The van der Waals surface area contributed by atoms with Crippen LogP contribution in [-0.4, -0.2) is 11.8 Å². The zero-order valence-corrected chi connectivity index (χ0v) is 12.3. The van der Waals surface area contributed by atoms with Crippen LogP contribution in [0.5, 0.6) is 0 Å². The van der Waals surface area contributed by atoms with Crippen LogP contribution in [-0.2, 0) is 0 Å². The molecule has 0 spiro atoms. The van der Waals surface area contributed by atoms with E-state index in [1.807, 2.05) is 0 Å². The third-order valence-electron chi connectivity index (χ3n) is 3.82. The molecule has 16 heavy (non-hydrogen) atoms. The van der Waals surface area contributed by atoms with Gasteiger partial charge in [0.25, 0.3) is 0 Å². The van der Waals surface area contributed by atoms with Gasteiger partial charge in [0.05, 0.1) is 0 Å². The molecule has 1 atom stereocenters. The van der Waals surface area contributed by atoms with E-state index < -0.39 is 0 Å². The minimum atomic E-state index is 1.14. The van der Waals surface area contributed by atoms with Crippen LogP contribution in [0.1, 0.15) is 84.0 Å². The minimum Gasteiger partial charge on any atom is -0.119 e. The third kappa shape index (κ3) is 7.66. The summed E-state index contributed by atoms with van der Waals surface area (Å²) in [6, 6.07) is 0. The molecule has 0 amide bonds. The second kappa shape index (κ2) is 10.6. The van der Waals surface area contributed by atoms with Crippen molar-refractivity contribution < 1.29 is 0 Å². The first-order chi connectivity index (χ1) is 7.93. The van der Waals surface area contributed by atoms with Crippen LogP contribution < -0.4 is 0 Å². The molecule has 0 aromatic heterocycles. The highest BCUT2D eigenvalue weighted by atomic mass is 31.1. The number of hydrogen-bond donors (Lipinski definition) is 0. The van der Waals surface area contributed by atoms with Crippen LogP contribution in [0.3, 0.4) is 0 Å². The molecule has 1 unspecified atom stereocenters. The molecule has 96 valence electrons. The highest BCUT2D eigenvalue weighted by Crippen LogP contribution is 2.34. The summed E-state index contributed by atoms with van der Waals surface area (Å²) in [6.45, 7) is 2.30. The van der Waals surface area contributed by atoms with Gasteiger partial charge in [-0.3, -0.25) is 0 Å². The first-order valence-corrected chi connectivity index (χ1v) is 8.95. The average molecular weight is 242 g/mol. The van der Waals surface area contributed by atoms with Gasteiger partial charge in [-0.2, -0.15) is 0 Å². The lowest BCUT2D eigenvalue weighted by Gasteiger charge is -2.08. The van der Waals surface area contributed by atoms with Crippen LogP contribution in [0, 0.1) is 0 Å². The normalized spacial score (nSPS) is 17.8. The number of hydrogen-bond acceptors (Lipinski definition) is 0. The lowest BCUT2D eigenvalue weighted by atomic mass is 10.1. The maximum atomic E-state index is 2.30. The molecular weight excluding hydrogens is 211 g/mol. The summed E-state index contributed by atoms with van der Waals surface area (Å²) >= 11 is 0. The van der Waals surface area contributed by atoms with Gasteiger partial charge in [0, 0.05) is 0 Å². The van der Waals surface area contributed by atoms with Gasteiger partial charge in [0.15, 0.2) is 0 Å². The minimum absolute atomic E-state index is 1.14. The molecule has 1 aliphatic rings. The first kappa shape index (κ1) is 14.5. The molecule has 0 N–H and O–H groups in total. The summed E-state index contributed by atoms with van der Waals surface area (Å²) in [7, 11) is 1.30. The largest absolute Gasteiger partial charge is 0.119 e. The molecule has 0 aromatic rings. The SMILES string of the molecule is CCCCCCCCCCPC1CCCC1. The Morgan fingerprint density at radius 2 is 1.38 bits per heavy atom. The van der Waals surface area contributed by atoms with Gasteiger partial charge in [0.1, 0.15) is 0 Å². The van der Waals surface area contributed by atoms with Gasteiger partial charge in [-0.15, -0.1) is 8.58 Å². The molecule has 0 nitrogen and oxygen atoms in total. The van der Waals surface area contributed by atoms with Crippen LogP contribution in [0.4, 0.5) is 0 Å². The van der Waals surface area contributed by atoms with Gasteiger partial charge >= 0.3 is 0 Å². The van der Waals surface area contributed by atoms with E-state index in [2.05, 4.69) is 6.92 Å². The van der Waals surface area contributed by atoms with E-state index in [-0.39, 0.29) is 0 Å². The quantitative estimate of drug-likeness (QED) is 0.338. The molecule has 1 rings (SSSR count). The van der Waals surface area contributed by atoms with Gasteiger partial charge in [-0.1, -0.05) is 64.7 Å². The van der Waals surface area contributed by atoms with Crippen molar-refractivity contribution in [1.82, 2.24) is 0 Å². The first-order valence-electron chi connectivity index (χ1n) is 7.67. The Labute approximate surface area is 105 Å². The molecule has 1 fully saturated rings. The standard InChI is InChI=1S/C15H31P/c1-2-3-4-5-6-7-8-11-14-16-15-12-9-10-13-15/h15-16H,2-14H2,1H3. The van der Waals surface area contributed by atoms with Crippen LogP contribution >= 0.6 is 8.58 Å². The molecule has 1 aliphatic carbocycles. The fourth-order valence-electron chi connectivity index (χ4n) is 2.70. The van der Waals surface area contributed by atoms with Crippen molar-refractivity contribution in [2.24, 2.45) is 0 Å². The Kier molecular flexibility index (Phi) is 9.58. The summed E-state index contributed by atoms with van der Waals surface area (Å²) in [4.78, 5) is 0. The van der Waals surface area contributed by atoms with Crippen LogP contribution in [0.2, 0.25) is 0 Å². The van der Waals surface area contributed by atoms with Gasteiger partial charge in [-0.05, 0) is 31.1 Å². The molecule has 0 saturated heterocycles. The highest BCUT2D eigenvalue weighted by molar-refractivity contribution is 7.38. The maximum absolute atomic E-state index is 2.30. The summed E-state index contributed by atoms with van der Waals surface area (Å²) in [6.07, 6.45) is 19.5. The van der Waals surface area contributed by atoms with Gasteiger partial charge in [-0.25, -0.2) is 0 Å². The van der Waals surface area contributed by atoms with Crippen molar-refractivity contribution in [3.63, 3.8) is 0 Å². The Morgan fingerprint density at radius 1 is 0.812 bits per heavy atom. The van der Waals surface area contributed by atoms with Gasteiger partial charge in [0.2, 0.25) is 0 Å². The van der Waals surface area contributed by atoms with E-state index in [1.54, 1.807) is 19.0 Å². The Bertz CT molecular complexity index is 138. The summed E-state index contributed by atoms with van der Waals surface area (Å²) < 4.78 is 0. The molecule has 1 saturated carbocycles. The molecule has 1 heteroatoms. The van der Waals surface area contributed by atoms with E-state index in [4.69, 9.17) is 0 Å². The van der Waals surface area contributed by atoms with Crippen molar-refractivity contribution in [1.29, 1.82) is 0 Å². The zero-order valence-electron chi connectivity index (χ0n) is 11.3. The second-order valence-electron chi connectivity index (χ2n) is 5.41. The van der Waals surface area contributed by atoms with Crippen LogP contribution in [0.15, 0.2) is 0 Å².